The van der Waals surface area contributed by atoms with E-state index in [9.17, 15) is 0 Å². The number of nitrogens with two attached hydrogens (primary N) is 1. The molecule has 4 rings (SSSR count). The summed E-state index contributed by atoms with van der Waals surface area (Å²) in [7, 11) is 2.17. The van der Waals surface area contributed by atoms with Crippen molar-refractivity contribution in [1.82, 2.24) is 9.88 Å². The molecule has 0 atom stereocenters. The van der Waals surface area contributed by atoms with Crippen molar-refractivity contribution in [3.8, 4) is 0 Å². The number of fused-ring (bicyclic) bond motifs is 1. The molecule has 0 bridgehead atoms. The molecule has 146 valence electrons. The molecule has 1 aliphatic rings. The zero-order valence-corrected chi connectivity index (χ0v) is 16.4. The van der Waals surface area contributed by atoms with Gasteiger partial charge in [0.1, 0.15) is 5.82 Å². The molecule has 3 N–H and O–H groups in total. The molecule has 2 heterocycles. The Morgan fingerprint density at radius 2 is 1.79 bits per heavy atom. The highest BCUT2D eigenvalue weighted by Gasteiger charge is 2.16. The minimum atomic E-state index is 0.398. The maximum atomic E-state index is 6.08. The van der Waals surface area contributed by atoms with E-state index in [-0.39, 0.29) is 0 Å². The molecule has 5 nitrogen and oxygen atoms in total. The first-order valence-corrected chi connectivity index (χ1v) is 9.93. The van der Waals surface area contributed by atoms with E-state index in [2.05, 4.69) is 64.7 Å². The van der Waals surface area contributed by atoms with E-state index in [0.29, 0.717) is 18.5 Å². The number of nitrogens with zero attached hydrogens (tertiary/aromatic N) is 2. The molecule has 28 heavy (non-hydrogen) atoms. The molecule has 0 radical (unpaired) electrons. The summed E-state index contributed by atoms with van der Waals surface area (Å²) in [5.41, 5.74) is 9.30. The van der Waals surface area contributed by atoms with Crippen LogP contribution in [0.5, 0.6) is 0 Å². The normalized spacial score (nSPS) is 15.8. The first kappa shape index (κ1) is 18.7. The minimum Gasteiger partial charge on any atom is -0.384 e. The number of anilines is 2. The van der Waals surface area contributed by atoms with Crippen LogP contribution >= 0.6 is 0 Å². The largest absolute Gasteiger partial charge is 0.384 e. The summed E-state index contributed by atoms with van der Waals surface area (Å²) in [5, 5.41) is 5.67. The van der Waals surface area contributed by atoms with Crippen LogP contribution in [0.15, 0.2) is 54.7 Å². The second-order valence-corrected chi connectivity index (χ2v) is 7.65. The first-order chi connectivity index (χ1) is 13.7. The van der Waals surface area contributed by atoms with Crippen molar-refractivity contribution < 1.29 is 4.74 Å². The van der Waals surface area contributed by atoms with E-state index >= 15 is 0 Å². The van der Waals surface area contributed by atoms with Crippen LogP contribution in [-0.2, 0) is 17.9 Å². The van der Waals surface area contributed by atoms with Crippen molar-refractivity contribution in [2.45, 2.75) is 32.1 Å². The third-order valence-electron chi connectivity index (χ3n) is 5.41. The summed E-state index contributed by atoms with van der Waals surface area (Å²) in [4.78, 5) is 6.53. The number of hydrogen-bond acceptors (Lipinski definition) is 5. The van der Waals surface area contributed by atoms with Gasteiger partial charge in [0.05, 0.1) is 12.7 Å². The molecule has 2 aromatic carbocycles. The maximum Gasteiger partial charge on any atom is 0.123 e. The lowest BCUT2D eigenvalue weighted by molar-refractivity contribution is 0.00213. The van der Waals surface area contributed by atoms with E-state index in [1.807, 2.05) is 12.3 Å². The van der Waals surface area contributed by atoms with Crippen LogP contribution in [0.1, 0.15) is 24.0 Å². The van der Waals surface area contributed by atoms with Crippen LogP contribution in [0, 0.1) is 0 Å². The highest BCUT2D eigenvalue weighted by molar-refractivity contribution is 5.86. The molecule has 5 heteroatoms. The van der Waals surface area contributed by atoms with E-state index < -0.39 is 0 Å². The van der Waals surface area contributed by atoms with Crippen molar-refractivity contribution in [3.05, 3.63) is 65.9 Å². The van der Waals surface area contributed by atoms with Gasteiger partial charge in [-0.05, 0) is 54.6 Å². The molecule has 1 aliphatic heterocycles. The topological polar surface area (TPSA) is 63.4 Å². The number of nitrogens with one attached hydrogen (secondary N) is 1. The molecule has 1 saturated heterocycles. The SMILES string of the molecule is CN1CCC(OCc2ccc(CNc3ccc4cc(N)ncc4c3)cc2)CC1. The average molecular weight is 377 g/mol. The number of benzene rings is 2. The third kappa shape index (κ3) is 4.80. The van der Waals surface area contributed by atoms with Crippen LogP contribution in [-0.4, -0.2) is 36.1 Å². The standard InChI is InChI=1S/C23H28N4O/c1-27-10-8-22(9-11-27)28-16-18-4-2-17(3-5-18)14-25-21-7-6-19-13-23(24)26-15-20(19)12-21/h2-7,12-13,15,22,25H,8-11,14,16H2,1H3,(H2,24,26). The smallest absolute Gasteiger partial charge is 0.123 e. The van der Waals surface area contributed by atoms with Crippen LogP contribution in [0.3, 0.4) is 0 Å². The molecular weight excluding hydrogens is 348 g/mol. The van der Waals surface area contributed by atoms with E-state index in [4.69, 9.17) is 10.5 Å². The Kier molecular flexibility index (Phi) is 5.74. The highest BCUT2D eigenvalue weighted by atomic mass is 16.5. The predicted octanol–water partition coefficient (Wildman–Crippen LogP) is 4.04. The second kappa shape index (κ2) is 8.59. The van der Waals surface area contributed by atoms with Crippen molar-refractivity contribution in [3.63, 3.8) is 0 Å². The fourth-order valence-electron chi connectivity index (χ4n) is 3.59. The predicted molar refractivity (Wildman–Crippen MR) is 115 cm³/mol. The Balaban J connectivity index is 1.29. The Hall–Kier alpha value is -2.63. The minimum absolute atomic E-state index is 0.398. The van der Waals surface area contributed by atoms with Gasteiger partial charge in [-0.15, -0.1) is 0 Å². The van der Waals surface area contributed by atoms with E-state index in [0.717, 1.165) is 48.9 Å². The number of pyridine rings is 1. The zero-order valence-electron chi connectivity index (χ0n) is 16.4. The molecule has 0 saturated carbocycles. The van der Waals surface area contributed by atoms with E-state index in [1.54, 1.807) is 0 Å². The molecule has 0 amide bonds. The summed E-state index contributed by atoms with van der Waals surface area (Å²) in [6.07, 6.45) is 4.48. The molecule has 0 spiro atoms. The molecule has 1 aromatic heterocycles. The third-order valence-corrected chi connectivity index (χ3v) is 5.41. The summed E-state index contributed by atoms with van der Waals surface area (Å²) in [6, 6.07) is 16.8. The lowest BCUT2D eigenvalue weighted by Crippen LogP contribution is -2.34. The fraction of sp³-hybridized carbons (Fsp3) is 0.348. The quantitative estimate of drug-likeness (QED) is 0.680. The molecule has 3 aromatic rings. The summed E-state index contributed by atoms with van der Waals surface area (Å²) >= 11 is 0. The van der Waals surface area contributed by atoms with Crippen molar-refractivity contribution in [2.24, 2.45) is 0 Å². The monoisotopic (exact) mass is 376 g/mol. The molecule has 0 unspecified atom stereocenters. The van der Waals surface area contributed by atoms with Gasteiger partial charge in [0.25, 0.3) is 0 Å². The Labute approximate surface area is 166 Å². The number of rotatable bonds is 6. The maximum absolute atomic E-state index is 6.08. The fourth-order valence-corrected chi connectivity index (χ4v) is 3.59. The van der Waals surface area contributed by atoms with Gasteiger partial charge in [-0.25, -0.2) is 4.98 Å². The Morgan fingerprint density at radius 3 is 2.57 bits per heavy atom. The van der Waals surface area contributed by atoms with Gasteiger partial charge in [-0.1, -0.05) is 30.3 Å². The average Bonchev–Trinajstić information content (AvgIpc) is 2.72. The first-order valence-electron chi connectivity index (χ1n) is 9.93. The summed E-state index contributed by atoms with van der Waals surface area (Å²) in [5.74, 6) is 0.549. The second-order valence-electron chi connectivity index (χ2n) is 7.65. The number of ether oxygens (including phenoxy) is 1. The van der Waals surface area contributed by atoms with Gasteiger partial charge < -0.3 is 20.7 Å². The van der Waals surface area contributed by atoms with Crippen LogP contribution < -0.4 is 11.1 Å². The van der Waals surface area contributed by atoms with Gasteiger partial charge in [-0.3, -0.25) is 0 Å². The van der Waals surface area contributed by atoms with Gasteiger partial charge >= 0.3 is 0 Å². The lowest BCUT2D eigenvalue weighted by Gasteiger charge is -2.28. The van der Waals surface area contributed by atoms with Gasteiger partial charge in [0.15, 0.2) is 0 Å². The number of aromatic nitrogens is 1. The molecular formula is C23H28N4O. The number of hydrogen-bond donors (Lipinski definition) is 2. The summed E-state index contributed by atoms with van der Waals surface area (Å²) in [6.45, 7) is 3.74. The van der Waals surface area contributed by atoms with Crippen molar-refractivity contribution in [2.75, 3.05) is 31.2 Å². The number of piperidine rings is 1. The van der Waals surface area contributed by atoms with Gasteiger partial charge in [-0.2, -0.15) is 0 Å². The molecule has 1 fully saturated rings. The van der Waals surface area contributed by atoms with Crippen LogP contribution in [0.4, 0.5) is 11.5 Å². The molecule has 0 aliphatic carbocycles. The van der Waals surface area contributed by atoms with Crippen LogP contribution in [0.25, 0.3) is 10.8 Å². The van der Waals surface area contributed by atoms with Crippen molar-refractivity contribution in [1.29, 1.82) is 0 Å². The Morgan fingerprint density at radius 1 is 1.04 bits per heavy atom. The van der Waals surface area contributed by atoms with Gasteiger partial charge in [0.2, 0.25) is 0 Å². The zero-order chi connectivity index (χ0) is 19.3. The highest BCUT2D eigenvalue weighted by Crippen LogP contribution is 2.21. The van der Waals surface area contributed by atoms with Crippen LogP contribution in [0.2, 0.25) is 0 Å². The number of likely N-dealkylation sites (tertiary alicyclic amines) is 1. The number of nitrogen functional groups attached to an aromatic ring is 1. The lowest BCUT2D eigenvalue weighted by atomic mass is 10.1. The van der Waals surface area contributed by atoms with Gasteiger partial charge in [0, 0.05) is 36.9 Å². The van der Waals surface area contributed by atoms with E-state index in [1.165, 1.54) is 11.1 Å². The van der Waals surface area contributed by atoms with Crippen molar-refractivity contribution >= 4 is 22.3 Å². The summed E-state index contributed by atoms with van der Waals surface area (Å²) < 4.78 is 6.08. The Bertz CT molecular complexity index is 918.